The smallest absolute Gasteiger partial charge is 0.153 e. The van der Waals surface area contributed by atoms with Gasteiger partial charge in [0, 0.05) is 31.9 Å². The fourth-order valence-corrected chi connectivity index (χ4v) is 3.55. The van der Waals surface area contributed by atoms with Crippen LogP contribution in [0.25, 0.3) is 0 Å². The fraction of sp³-hybridized carbons (Fsp3) is 0.615. The van der Waals surface area contributed by atoms with Gasteiger partial charge in [0.25, 0.3) is 0 Å². The molecule has 5 nitrogen and oxygen atoms in total. The molecule has 1 aromatic heterocycles. The van der Waals surface area contributed by atoms with E-state index in [1.165, 1.54) is 18.4 Å². The number of nitrogens with zero attached hydrogens (tertiary/aromatic N) is 2. The van der Waals surface area contributed by atoms with Gasteiger partial charge in [-0.3, -0.25) is 4.98 Å². The van der Waals surface area contributed by atoms with Crippen molar-refractivity contribution in [2.24, 2.45) is 0 Å². The van der Waals surface area contributed by atoms with Crippen molar-refractivity contribution in [1.29, 1.82) is 0 Å². The van der Waals surface area contributed by atoms with Crippen molar-refractivity contribution in [2.45, 2.75) is 25.4 Å². The molecule has 0 bridgehead atoms. The highest BCUT2D eigenvalue weighted by atomic mass is 32.2. The molecule has 0 aromatic carbocycles. The van der Waals surface area contributed by atoms with Crippen LogP contribution in [0.1, 0.15) is 18.4 Å². The first-order valence-electron chi connectivity index (χ1n) is 6.76. The average Bonchev–Trinajstić information content (AvgIpc) is 3.21. The van der Waals surface area contributed by atoms with Crippen molar-refractivity contribution >= 4 is 15.5 Å². The molecule has 0 unspecified atom stereocenters. The fourth-order valence-electron chi connectivity index (χ4n) is 2.34. The first-order valence-corrected chi connectivity index (χ1v) is 8.58. The summed E-state index contributed by atoms with van der Waals surface area (Å²) in [5.74, 6) is 0.495. The Balaban J connectivity index is 1.72. The van der Waals surface area contributed by atoms with Gasteiger partial charge >= 0.3 is 0 Å². The Labute approximate surface area is 113 Å². The van der Waals surface area contributed by atoms with Gasteiger partial charge in [0.05, 0.1) is 23.4 Å². The van der Waals surface area contributed by atoms with Crippen molar-refractivity contribution in [3.05, 3.63) is 24.0 Å². The zero-order valence-electron chi connectivity index (χ0n) is 10.9. The predicted octanol–water partition coefficient (Wildman–Crippen LogP) is 0.568. The number of aromatic nitrogens is 1. The Morgan fingerprint density at radius 3 is 2.74 bits per heavy atom. The minimum Gasteiger partial charge on any atom is -0.368 e. The van der Waals surface area contributed by atoms with Crippen molar-refractivity contribution in [3.63, 3.8) is 0 Å². The molecule has 19 heavy (non-hydrogen) atoms. The Bertz CT molecular complexity index is 541. The third-order valence-electron chi connectivity index (χ3n) is 3.73. The van der Waals surface area contributed by atoms with Crippen LogP contribution in [-0.2, 0) is 16.4 Å². The zero-order valence-corrected chi connectivity index (χ0v) is 11.7. The Morgan fingerprint density at radius 2 is 2.05 bits per heavy atom. The van der Waals surface area contributed by atoms with Gasteiger partial charge in [0.2, 0.25) is 0 Å². The molecule has 1 aromatic rings. The molecule has 3 rings (SSSR count). The van der Waals surface area contributed by atoms with E-state index in [4.69, 9.17) is 0 Å². The van der Waals surface area contributed by atoms with Gasteiger partial charge in [-0.15, -0.1) is 0 Å². The van der Waals surface area contributed by atoms with E-state index < -0.39 is 9.84 Å². The number of nitrogens with one attached hydrogen (secondary N) is 1. The number of pyridine rings is 1. The van der Waals surface area contributed by atoms with Crippen LogP contribution in [0.5, 0.6) is 0 Å². The minimum absolute atomic E-state index is 0.247. The van der Waals surface area contributed by atoms with Crippen LogP contribution in [0.2, 0.25) is 0 Å². The summed E-state index contributed by atoms with van der Waals surface area (Å²) in [4.78, 5) is 6.32. The molecule has 0 radical (unpaired) electrons. The van der Waals surface area contributed by atoms with Crippen LogP contribution < -0.4 is 10.2 Å². The van der Waals surface area contributed by atoms with Gasteiger partial charge in [-0.1, -0.05) is 0 Å². The largest absolute Gasteiger partial charge is 0.368 e. The molecule has 0 spiro atoms. The average molecular weight is 281 g/mol. The van der Waals surface area contributed by atoms with Crippen molar-refractivity contribution in [3.8, 4) is 0 Å². The molecule has 1 saturated heterocycles. The van der Waals surface area contributed by atoms with E-state index in [0.717, 1.165) is 12.2 Å². The lowest BCUT2D eigenvalue weighted by Gasteiger charge is -2.30. The Morgan fingerprint density at radius 1 is 1.32 bits per heavy atom. The number of sulfone groups is 1. The quantitative estimate of drug-likeness (QED) is 0.874. The Kier molecular flexibility index (Phi) is 3.45. The topological polar surface area (TPSA) is 62.3 Å². The highest BCUT2D eigenvalue weighted by Crippen LogP contribution is 2.24. The van der Waals surface area contributed by atoms with E-state index >= 15 is 0 Å². The molecule has 2 fully saturated rings. The maximum atomic E-state index is 11.5. The number of hydrogen-bond acceptors (Lipinski definition) is 5. The molecule has 104 valence electrons. The lowest BCUT2D eigenvalue weighted by Crippen LogP contribution is -2.41. The molecule has 0 amide bonds. The molecule has 1 aliphatic carbocycles. The molecule has 1 aliphatic heterocycles. The lowest BCUT2D eigenvalue weighted by atomic mass is 10.2. The summed E-state index contributed by atoms with van der Waals surface area (Å²) < 4.78 is 23.0. The summed E-state index contributed by atoms with van der Waals surface area (Å²) in [6.45, 7) is 1.99. The van der Waals surface area contributed by atoms with Gasteiger partial charge < -0.3 is 10.2 Å². The molecule has 6 heteroatoms. The summed E-state index contributed by atoms with van der Waals surface area (Å²) in [7, 11) is -2.83. The number of hydrogen-bond donors (Lipinski definition) is 1. The maximum absolute atomic E-state index is 11.5. The zero-order chi connectivity index (χ0) is 13.3. The minimum atomic E-state index is -2.83. The molecular formula is C13H19N3O2S. The van der Waals surface area contributed by atoms with Crippen LogP contribution in [0.4, 0.5) is 5.69 Å². The van der Waals surface area contributed by atoms with Crippen LogP contribution in [-0.4, -0.2) is 44.0 Å². The number of anilines is 1. The van der Waals surface area contributed by atoms with E-state index in [1.54, 1.807) is 6.20 Å². The van der Waals surface area contributed by atoms with E-state index in [9.17, 15) is 8.42 Å². The van der Waals surface area contributed by atoms with Gasteiger partial charge in [0.15, 0.2) is 9.84 Å². The van der Waals surface area contributed by atoms with E-state index in [0.29, 0.717) is 19.1 Å². The van der Waals surface area contributed by atoms with Crippen LogP contribution in [0, 0.1) is 0 Å². The molecule has 1 N–H and O–H groups in total. The van der Waals surface area contributed by atoms with Crippen LogP contribution in [0.15, 0.2) is 18.5 Å². The van der Waals surface area contributed by atoms with Crippen molar-refractivity contribution in [1.82, 2.24) is 10.3 Å². The summed E-state index contributed by atoms with van der Waals surface area (Å²) in [5, 5.41) is 3.50. The number of rotatable bonds is 4. The van der Waals surface area contributed by atoms with Crippen LogP contribution in [0.3, 0.4) is 0 Å². The second kappa shape index (κ2) is 5.09. The molecule has 2 aliphatic rings. The summed E-state index contributed by atoms with van der Waals surface area (Å²) >= 11 is 0. The summed E-state index contributed by atoms with van der Waals surface area (Å²) in [5.41, 5.74) is 2.28. The first kappa shape index (κ1) is 12.9. The summed E-state index contributed by atoms with van der Waals surface area (Å²) in [6.07, 6.45) is 6.18. The molecule has 0 atom stereocenters. The first-order chi connectivity index (χ1) is 9.14. The lowest BCUT2D eigenvalue weighted by molar-refractivity contribution is 0.586. The molecule has 2 heterocycles. The van der Waals surface area contributed by atoms with E-state index in [1.807, 2.05) is 12.3 Å². The molecule has 1 saturated carbocycles. The van der Waals surface area contributed by atoms with Crippen molar-refractivity contribution < 1.29 is 8.42 Å². The normalized spacial score (nSPS) is 22.4. The predicted molar refractivity (Wildman–Crippen MR) is 75.0 cm³/mol. The van der Waals surface area contributed by atoms with E-state index in [-0.39, 0.29) is 11.5 Å². The maximum Gasteiger partial charge on any atom is 0.153 e. The van der Waals surface area contributed by atoms with Gasteiger partial charge in [0.1, 0.15) is 0 Å². The van der Waals surface area contributed by atoms with Crippen LogP contribution >= 0.6 is 0 Å². The third kappa shape index (κ3) is 3.25. The second-order valence-electron chi connectivity index (χ2n) is 5.30. The molecular weight excluding hydrogens is 262 g/mol. The van der Waals surface area contributed by atoms with Gasteiger partial charge in [-0.25, -0.2) is 8.42 Å². The summed E-state index contributed by atoms with van der Waals surface area (Å²) in [6, 6.07) is 2.69. The highest BCUT2D eigenvalue weighted by Gasteiger charge is 2.24. The third-order valence-corrected chi connectivity index (χ3v) is 5.34. The van der Waals surface area contributed by atoms with Gasteiger partial charge in [-0.2, -0.15) is 0 Å². The Hall–Kier alpha value is -1.14. The monoisotopic (exact) mass is 281 g/mol. The SMILES string of the molecule is O=S1(=O)CCN(c2cnccc2CNC2CC2)CC1. The van der Waals surface area contributed by atoms with Crippen molar-refractivity contribution in [2.75, 3.05) is 29.5 Å². The van der Waals surface area contributed by atoms with E-state index in [2.05, 4.69) is 15.2 Å². The highest BCUT2D eigenvalue weighted by molar-refractivity contribution is 7.91. The second-order valence-corrected chi connectivity index (χ2v) is 7.60. The van der Waals surface area contributed by atoms with Gasteiger partial charge in [-0.05, 0) is 24.5 Å². The standard InChI is InChI=1S/C13H19N3O2S/c17-19(18)7-5-16(6-8-19)13-10-14-4-3-11(13)9-15-12-1-2-12/h3-4,10,12,15H,1-2,5-9H2.